The van der Waals surface area contributed by atoms with Crippen molar-refractivity contribution in [2.75, 3.05) is 0 Å². The number of nitrogens with one attached hydrogen (secondary N) is 1. The lowest BCUT2D eigenvalue weighted by Crippen LogP contribution is -2.35. The molecule has 0 radical (unpaired) electrons. The van der Waals surface area contributed by atoms with Gasteiger partial charge in [0.1, 0.15) is 0 Å². The monoisotopic (exact) mass is 391 g/mol. The number of hydrogen-bond donors (Lipinski definition) is 1. The third kappa shape index (κ3) is 4.15. The molecule has 0 aliphatic heterocycles. The first kappa shape index (κ1) is 14.7. The maximum absolute atomic E-state index is 5.99. The summed E-state index contributed by atoms with van der Waals surface area (Å²) in [4.78, 5) is 0. The van der Waals surface area contributed by atoms with E-state index >= 15 is 0 Å². The first-order valence-corrected chi connectivity index (χ1v) is 7.34. The molecule has 0 bridgehead atoms. The summed E-state index contributed by atoms with van der Waals surface area (Å²) in [6.07, 6.45) is 0. The smallest absolute Gasteiger partial charge is 0.248 e. The van der Waals surface area contributed by atoms with Crippen molar-refractivity contribution in [3.8, 4) is 11.5 Å². The van der Waals surface area contributed by atoms with Gasteiger partial charge in [0.15, 0.2) is 0 Å². The van der Waals surface area contributed by atoms with E-state index in [2.05, 4.69) is 58.9 Å². The van der Waals surface area contributed by atoms with Crippen molar-refractivity contribution in [1.29, 1.82) is 0 Å². The Kier molecular flexibility index (Phi) is 4.47. The molecule has 102 valence electrons. The van der Waals surface area contributed by atoms with Gasteiger partial charge in [0.05, 0.1) is 12.1 Å². The molecule has 0 amide bonds. The van der Waals surface area contributed by atoms with Gasteiger partial charge in [-0.05, 0) is 61.6 Å². The summed E-state index contributed by atoms with van der Waals surface area (Å²) < 4.78 is 6.68. The summed E-state index contributed by atoms with van der Waals surface area (Å²) in [6.45, 7) is 6.81. The van der Waals surface area contributed by atoms with Gasteiger partial charge in [-0.15, -0.1) is 10.2 Å². The van der Waals surface area contributed by atoms with Gasteiger partial charge >= 0.3 is 0 Å². The Hall–Kier alpha value is -0.660. The van der Waals surface area contributed by atoms with Crippen LogP contribution in [0, 0.1) is 3.57 Å². The largest absolute Gasteiger partial charge is 0.419 e. The van der Waals surface area contributed by atoms with E-state index in [1.54, 1.807) is 0 Å². The molecular weight excluding hydrogens is 377 g/mol. The SMILES string of the molecule is CC(C)(C)NCc1nnc(-c2cc(Cl)ccc2I)o1. The van der Waals surface area contributed by atoms with Crippen LogP contribution in [0.15, 0.2) is 22.6 Å². The van der Waals surface area contributed by atoms with Crippen LogP contribution in [0.5, 0.6) is 0 Å². The molecule has 19 heavy (non-hydrogen) atoms. The lowest BCUT2D eigenvalue weighted by molar-refractivity contribution is 0.383. The summed E-state index contributed by atoms with van der Waals surface area (Å²) in [6, 6.07) is 5.60. The molecule has 2 aromatic rings. The van der Waals surface area contributed by atoms with E-state index < -0.39 is 0 Å². The fraction of sp³-hybridized carbons (Fsp3) is 0.385. The molecule has 1 heterocycles. The second-order valence-electron chi connectivity index (χ2n) is 5.23. The van der Waals surface area contributed by atoms with Crippen molar-refractivity contribution in [3.63, 3.8) is 0 Å². The van der Waals surface area contributed by atoms with Crippen LogP contribution < -0.4 is 5.32 Å². The third-order valence-corrected chi connectivity index (χ3v) is 3.57. The number of rotatable bonds is 3. The summed E-state index contributed by atoms with van der Waals surface area (Å²) in [5, 5.41) is 12.1. The summed E-state index contributed by atoms with van der Waals surface area (Å²) >= 11 is 8.21. The highest BCUT2D eigenvalue weighted by molar-refractivity contribution is 14.1. The summed E-state index contributed by atoms with van der Waals surface area (Å²) in [5.41, 5.74) is 0.877. The van der Waals surface area contributed by atoms with Gasteiger partial charge in [0.2, 0.25) is 11.8 Å². The minimum Gasteiger partial charge on any atom is -0.419 e. The van der Waals surface area contributed by atoms with Gasteiger partial charge in [-0.25, -0.2) is 0 Å². The molecule has 4 nitrogen and oxygen atoms in total. The molecule has 0 aliphatic rings. The lowest BCUT2D eigenvalue weighted by Gasteiger charge is -2.18. The molecule has 0 spiro atoms. The topological polar surface area (TPSA) is 51.0 Å². The normalized spacial score (nSPS) is 11.8. The highest BCUT2D eigenvalue weighted by atomic mass is 127. The number of aromatic nitrogens is 2. The van der Waals surface area contributed by atoms with Crippen molar-refractivity contribution < 1.29 is 4.42 Å². The van der Waals surface area contributed by atoms with Gasteiger partial charge in [0.25, 0.3) is 0 Å². The highest BCUT2D eigenvalue weighted by Crippen LogP contribution is 2.27. The number of nitrogens with zero attached hydrogens (tertiary/aromatic N) is 2. The van der Waals surface area contributed by atoms with Gasteiger partial charge in [-0.3, -0.25) is 0 Å². The Morgan fingerprint density at radius 1 is 1.32 bits per heavy atom. The molecule has 0 atom stereocenters. The van der Waals surface area contributed by atoms with Crippen molar-refractivity contribution in [3.05, 3.63) is 32.7 Å². The number of hydrogen-bond acceptors (Lipinski definition) is 4. The Labute approximate surface area is 131 Å². The van der Waals surface area contributed by atoms with Crippen LogP contribution in [0.1, 0.15) is 26.7 Å². The fourth-order valence-electron chi connectivity index (χ4n) is 1.44. The molecule has 1 aromatic carbocycles. The second kappa shape index (κ2) is 5.76. The van der Waals surface area contributed by atoms with Crippen molar-refractivity contribution in [2.24, 2.45) is 0 Å². The van der Waals surface area contributed by atoms with E-state index in [4.69, 9.17) is 16.0 Å². The molecule has 2 rings (SSSR count). The average molecular weight is 392 g/mol. The van der Waals surface area contributed by atoms with Crippen molar-refractivity contribution in [1.82, 2.24) is 15.5 Å². The molecule has 1 aromatic heterocycles. The zero-order valence-corrected chi connectivity index (χ0v) is 13.9. The molecule has 0 fully saturated rings. The van der Waals surface area contributed by atoms with Crippen molar-refractivity contribution in [2.45, 2.75) is 32.9 Å². The van der Waals surface area contributed by atoms with Crippen LogP contribution in [-0.4, -0.2) is 15.7 Å². The minimum atomic E-state index is 0.0130. The van der Waals surface area contributed by atoms with Crippen LogP contribution in [0.4, 0.5) is 0 Å². The molecule has 6 heteroatoms. The minimum absolute atomic E-state index is 0.0130. The lowest BCUT2D eigenvalue weighted by atomic mass is 10.1. The second-order valence-corrected chi connectivity index (χ2v) is 6.83. The maximum atomic E-state index is 5.99. The zero-order valence-electron chi connectivity index (χ0n) is 11.0. The number of halogens is 2. The highest BCUT2D eigenvalue weighted by Gasteiger charge is 2.14. The predicted octanol–water partition coefficient (Wildman–Crippen LogP) is 3.88. The fourth-order valence-corrected chi connectivity index (χ4v) is 2.17. The average Bonchev–Trinajstić information content (AvgIpc) is 2.77. The van der Waals surface area contributed by atoms with Crippen LogP contribution in [-0.2, 0) is 6.54 Å². The summed E-state index contributed by atoms with van der Waals surface area (Å²) in [7, 11) is 0. The maximum Gasteiger partial charge on any atom is 0.248 e. The molecule has 0 unspecified atom stereocenters. The number of benzene rings is 1. The van der Waals surface area contributed by atoms with E-state index in [9.17, 15) is 0 Å². The Morgan fingerprint density at radius 3 is 2.74 bits per heavy atom. The van der Waals surface area contributed by atoms with Crippen LogP contribution in [0.25, 0.3) is 11.5 Å². The zero-order chi connectivity index (χ0) is 14.0. The van der Waals surface area contributed by atoms with Gasteiger partial charge in [0, 0.05) is 14.1 Å². The van der Waals surface area contributed by atoms with E-state index in [-0.39, 0.29) is 5.54 Å². The van der Waals surface area contributed by atoms with Gasteiger partial charge < -0.3 is 9.73 Å². The van der Waals surface area contributed by atoms with Crippen LogP contribution in [0.3, 0.4) is 0 Å². The molecule has 0 saturated heterocycles. The Balaban J connectivity index is 2.19. The third-order valence-electron chi connectivity index (χ3n) is 2.40. The molecule has 1 N–H and O–H groups in total. The summed E-state index contributed by atoms with van der Waals surface area (Å²) in [5.74, 6) is 1.07. The van der Waals surface area contributed by atoms with Crippen LogP contribution in [0.2, 0.25) is 5.02 Å². The first-order valence-electron chi connectivity index (χ1n) is 5.88. The predicted molar refractivity (Wildman–Crippen MR) is 84.1 cm³/mol. The van der Waals surface area contributed by atoms with Crippen molar-refractivity contribution >= 4 is 34.2 Å². The Morgan fingerprint density at radius 2 is 2.05 bits per heavy atom. The van der Waals surface area contributed by atoms with Crippen LogP contribution >= 0.6 is 34.2 Å². The van der Waals surface area contributed by atoms with Gasteiger partial charge in [-0.1, -0.05) is 11.6 Å². The van der Waals surface area contributed by atoms with E-state index in [0.717, 1.165) is 9.13 Å². The van der Waals surface area contributed by atoms with E-state index in [1.165, 1.54) is 0 Å². The standard InChI is InChI=1S/C13H15ClIN3O/c1-13(2,3)16-7-11-17-18-12(19-11)9-6-8(14)4-5-10(9)15/h4-6,16H,7H2,1-3H3. The Bertz CT molecular complexity index is 578. The molecule has 0 aliphatic carbocycles. The van der Waals surface area contributed by atoms with E-state index in [0.29, 0.717) is 23.3 Å². The molecule has 0 saturated carbocycles. The molecular formula is C13H15ClIN3O. The van der Waals surface area contributed by atoms with E-state index in [1.807, 2.05) is 18.2 Å². The first-order chi connectivity index (χ1) is 8.85. The quantitative estimate of drug-likeness (QED) is 0.807. The van der Waals surface area contributed by atoms with Gasteiger partial charge in [-0.2, -0.15) is 0 Å².